The van der Waals surface area contributed by atoms with Crippen molar-refractivity contribution in [3.63, 3.8) is 0 Å². The molecule has 0 aliphatic carbocycles. The van der Waals surface area contributed by atoms with E-state index in [0.29, 0.717) is 5.75 Å². The Bertz CT molecular complexity index is 97.7. The van der Waals surface area contributed by atoms with Crippen LogP contribution in [0.15, 0.2) is 12.0 Å². The second-order valence-corrected chi connectivity index (χ2v) is 2.83. The van der Waals surface area contributed by atoms with Crippen molar-refractivity contribution in [2.45, 2.75) is 19.0 Å². The van der Waals surface area contributed by atoms with Gasteiger partial charge in [-0.1, -0.05) is 6.58 Å². The Morgan fingerprint density at radius 2 is 2.00 bits per heavy atom. The van der Waals surface area contributed by atoms with E-state index in [-0.39, 0.29) is 6.42 Å². The van der Waals surface area contributed by atoms with E-state index in [4.69, 9.17) is 0 Å². The number of hydrogen-bond acceptors (Lipinski definition) is 1. The summed E-state index contributed by atoms with van der Waals surface area (Å²) in [4.78, 5) is 0. The molecule has 0 aliphatic heterocycles. The maximum absolute atomic E-state index is 11.4. The zero-order chi connectivity index (χ0) is 8.04. The fourth-order valence-corrected chi connectivity index (χ4v) is 0.917. The van der Waals surface area contributed by atoms with Crippen molar-refractivity contribution in [1.29, 1.82) is 0 Å². The largest absolute Gasteiger partial charge is 0.389 e. The molecule has 4 heteroatoms. The van der Waals surface area contributed by atoms with Crippen LogP contribution in [-0.2, 0) is 0 Å². The third-order valence-corrected chi connectivity index (χ3v) is 1.60. The summed E-state index contributed by atoms with van der Waals surface area (Å²) in [5, 5.41) is 1.55. The summed E-state index contributed by atoms with van der Waals surface area (Å²) >= 11 is 1.31. The van der Waals surface area contributed by atoms with Crippen molar-refractivity contribution in [2.75, 3.05) is 5.75 Å². The van der Waals surface area contributed by atoms with Crippen molar-refractivity contribution in [3.8, 4) is 0 Å². The molecule has 0 fully saturated rings. The van der Waals surface area contributed by atoms with E-state index in [0.717, 1.165) is 0 Å². The Kier molecular flexibility index (Phi) is 4.60. The van der Waals surface area contributed by atoms with Crippen molar-refractivity contribution in [2.24, 2.45) is 0 Å². The van der Waals surface area contributed by atoms with Gasteiger partial charge in [0.05, 0.1) is 0 Å². The summed E-state index contributed by atoms with van der Waals surface area (Å²) in [6.07, 6.45) is -4.50. The van der Waals surface area contributed by atoms with Gasteiger partial charge in [0.25, 0.3) is 0 Å². The predicted octanol–water partition coefficient (Wildman–Crippen LogP) is 3.21. The molecule has 0 spiro atoms. The standard InChI is InChI=1S/C6H9F3S/c1-2-10-5-3-4-6(7,8)9/h2H,1,3-5H2. The zero-order valence-corrected chi connectivity index (χ0v) is 6.26. The molecule has 0 aromatic rings. The van der Waals surface area contributed by atoms with E-state index in [1.807, 2.05) is 0 Å². The van der Waals surface area contributed by atoms with Crippen LogP contribution >= 0.6 is 11.8 Å². The van der Waals surface area contributed by atoms with Crippen LogP contribution in [0.4, 0.5) is 13.2 Å². The van der Waals surface area contributed by atoms with E-state index in [2.05, 4.69) is 6.58 Å². The van der Waals surface area contributed by atoms with Gasteiger partial charge in [-0.15, -0.1) is 11.8 Å². The second kappa shape index (κ2) is 4.66. The van der Waals surface area contributed by atoms with Gasteiger partial charge in [0.1, 0.15) is 0 Å². The molecule has 0 aromatic heterocycles. The van der Waals surface area contributed by atoms with Crippen LogP contribution < -0.4 is 0 Å². The first-order valence-corrected chi connectivity index (χ1v) is 3.90. The van der Waals surface area contributed by atoms with Gasteiger partial charge >= 0.3 is 6.18 Å². The van der Waals surface area contributed by atoms with Gasteiger partial charge in [-0.3, -0.25) is 0 Å². The molecule has 0 heterocycles. The van der Waals surface area contributed by atoms with Gasteiger partial charge in [-0.25, -0.2) is 0 Å². The van der Waals surface area contributed by atoms with Gasteiger partial charge in [0, 0.05) is 6.42 Å². The minimum atomic E-state index is -4.00. The third-order valence-electron chi connectivity index (χ3n) is 0.840. The molecule has 0 rings (SSSR count). The van der Waals surface area contributed by atoms with E-state index in [1.165, 1.54) is 11.8 Å². The number of thioether (sulfide) groups is 1. The molecular formula is C6H9F3S. The molecule has 0 saturated carbocycles. The molecule has 0 aromatic carbocycles. The highest BCUT2D eigenvalue weighted by atomic mass is 32.2. The van der Waals surface area contributed by atoms with E-state index < -0.39 is 12.6 Å². The Morgan fingerprint density at radius 3 is 2.40 bits per heavy atom. The SMILES string of the molecule is C=CSCCCC(F)(F)F. The first-order valence-electron chi connectivity index (χ1n) is 2.85. The fraction of sp³-hybridized carbons (Fsp3) is 0.667. The topological polar surface area (TPSA) is 0 Å². The molecule has 0 unspecified atom stereocenters. The number of halogens is 3. The van der Waals surface area contributed by atoms with Crippen molar-refractivity contribution >= 4 is 11.8 Å². The van der Waals surface area contributed by atoms with Crippen LogP contribution in [-0.4, -0.2) is 11.9 Å². The average molecular weight is 170 g/mol. The minimum Gasteiger partial charge on any atom is -0.171 e. The van der Waals surface area contributed by atoms with Crippen LogP contribution in [0, 0.1) is 0 Å². The molecule has 0 bridgehead atoms. The summed E-state index contributed by atoms with van der Waals surface area (Å²) in [5.41, 5.74) is 0. The molecule has 10 heavy (non-hydrogen) atoms. The maximum atomic E-state index is 11.4. The lowest BCUT2D eigenvalue weighted by atomic mass is 10.3. The molecule has 0 nitrogen and oxygen atoms in total. The Hall–Kier alpha value is -0.120. The van der Waals surface area contributed by atoms with Crippen LogP contribution in [0.25, 0.3) is 0 Å². The highest BCUT2D eigenvalue weighted by molar-refractivity contribution is 8.02. The highest BCUT2D eigenvalue weighted by Gasteiger charge is 2.25. The van der Waals surface area contributed by atoms with E-state index >= 15 is 0 Å². The molecular weight excluding hydrogens is 161 g/mol. The second-order valence-electron chi connectivity index (χ2n) is 1.76. The van der Waals surface area contributed by atoms with Crippen LogP contribution in [0.3, 0.4) is 0 Å². The van der Waals surface area contributed by atoms with Gasteiger partial charge in [0.2, 0.25) is 0 Å². The summed E-state index contributed by atoms with van der Waals surface area (Å²) in [7, 11) is 0. The molecule has 0 saturated heterocycles. The van der Waals surface area contributed by atoms with Crippen molar-refractivity contribution in [3.05, 3.63) is 12.0 Å². The van der Waals surface area contributed by atoms with Crippen LogP contribution in [0.1, 0.15) is 12.8 Å². The lowest BCUT2D eigenvalue weighted by Crippen LogP contribution is -2.06. The maximum Gasteiger partial charge on any atom is 0.389 e. The Balaban J connectivity index is 3.12. The molecule has 0 amide bonds. The monoisotopic (exact) mass is 170 g/mol. The fourth-order valence-electron chi connectivity index (χ4n) is 0.439. The van der Waals surface area contributed by atoms with Crippen LogP contribution in [0.5, 0.6) is 0 Å². The molecule has 0 N–H and O–H groups in total. The minimum absolute atomic E-state index is 0.181. The normalized spacial score (nSPS) is 11.5. The van der Waals surface area contributed by atoms with Crippen molar-refractivity contribution < 1.29 is 13.2 Å². The Labute approximate surface area is 62.5 Å². The van der Waals surface area contributed by atoms with E-state index in [9.17, 15) is 13.2 Å². The summed E-state index contributed by atoms with van der Waals surface area (Å²) in [6.45, 7) is 3.38. The van der Waals surface area contributed by atoms with Crippen molar-refractivity contribution in [1.82, 2.24) is 0 Å². The number of rotatable bonds is 4. The quantitative estimate of drug-likeness (QED) is 0.584. The molecule has 0 radical (unpaired) electrons. The highest BCUT2D eigenvalue weighted by Crippen LogP contribution is 2.22. The first-order chi connectivity index (χ1) is 4.56. The average Bonchev–Trinajstić information content (AvgIpc) is 1.78. The zero-order valence-electron chi connectivity index (χ0n) is 5.45. The number of alkyl halides is 3. The Morgan fingerprint density at radius 1 is 1.40 bits per heavy atom. The third kappa shape index (κ3) is 7.88. The smallest absolute Gasteiger partial charge is 0.171 e. The lowest BCUT2D eigenvalue weighted by Gasteiger charge is -2.03. The van der Waals surface area contributed by atoms with Gasteiger partial charge < -0.3 is 0 Å². The number of hydrogen-bond donors (Lipinski definition) is 0. The van der Waals surface area contributed by atoms with Crippen LogP contribution in [0.2, 0.25) is 0 Å². The summed E-state index contributed by atoms with van der Waals surface area (Å²) < 4.78 is 34.3. The lowest BCUT2D eigenvalue weighted by molar-refractivity contribution is -0.134. The van der Waals surface area contributed by atoms with Gasteiger partial charge in [-0.2, -0.15) is 13.2 Å². The summed E-state index contributed by atoms with van der Waals surface area (Å²) in [5.74, 6) is 0.503. The molecule has 0 atom stereocenters. The first kappa shape index (κ1) is 9.88. The van der Waals surface area contributed by atoms with Gasteiger partial charge in [0.15, 0.2) is 0 Å². The molecule has 0 aliphatic rings. The summed E-state index contributed by atoms with van der Waals surface area (Å²) in [6, 6.07) is 0. The molecule has 60 valence electrons. The van der Waals surface area contributed by atoms with E-state index in [1.54, 1.807) is 5.41 Å². The predicted molar refractivity (Wildman–Crippen MR) is 37.9 cm³/mol. The van der Waals surface area contributed by atoms with Gasteiger partial charge in [-0.05, 0) is 17.6 Å².